The number of Topliss-reactive ketones (excluding diaryl/α,β-unsaturated/α-hetero) is 1. The van der Waals surface area contributed by atoms with Crippen LogP contribution in [0.1, 0.15) is 35.5 Å². The summed E-state index contributed by atoms with van der Waals surface area (Å²) in [7, 11) is 1.43. The number of aliphatic imine (C=N–C) groups is 1. The van der Waals surface area contributed by atoms with Gasteiger partial charge in [-0.25, -0.2) is 9.37 Å². The molecule has 2 atom stereocenters. The zero-order valence-corrected chi connectivity index (χ0v) is 18.1. The average molecular weight is 474 g/mol. The molecule has 172 valence electrons. The average Bonchev–Trinajstić information content (AvgIpc) is 2.71. The van der Waals surface area contributed by atoms with Crippen LogP contribution < -0.4 is 10.5 Å². The summed E-state index contributed by atoms with van der Waals surface area (Å²) < 4.78 is 64.7. The fourth-order valence-electron chi connectivity index (χ4n) is 3.23. The molecule has 2 heterocycles. The molecule has 3 rings (SSSR count). The van der Waals surface area contributed by atoms with Crippen LogP contribution in [0.3, 0.4) is 0 Å². The second kappa shape index (κ2) is 8.32. The molecule has 2 aromatic rings. The lowest BCUT2D eigenvalue weighted by Gasteiger charge is -2.41. The number of hydrogen-bond acceptors (Lipinski definition) is 6. The number of benzene rings is 1. The van der Waals surface area contributed by atoms with Gasteiger partial charge in [0, 0.05) is 18.1 Å². The van der Waals surface area contributed by atoms with E-state index in [9.17, 15) is 22.4 Å². The summed E-state index contributed by atoms with van der Waals surface area (Å²) in [6, 6.07) is 5.28. The molecule has 0 saturated carbocycles. The van der Waals surface area contributed by atoms with E-state index < -0.39 is 41.4 Å². The molecule has 0 aliphatic carbocycles. The van der Waals surface area contributed by atoms with Gasteiger partial charge in [0.15, 0.2) is 5.78 Å². The summed E-state index contributed by atoms with van der Waals surface area (Å²) in [5.74, 6) is -1.59. The Balaban J connectivity index is 1.92. The van der Waals surface area contributed by atoms with Crippen molar-refractivity contribution in [1.82, 2.24) is 4.98 Å². The van der Waals surface area contributed by atoms with Gasteiger partial charge in [-0.3, -0.25) is 9.79 Å². The molecule has 0 saturated heterocycles. The number of methoxy groups -OCH3 is 1. The van der Waals surface area contributed by atoms with Gasteiger partial charge in [-0.2, -0.15) is 13.2 Å². The number of nitrogens with two attached hydrogens (primary N) is 1. The fourth-order valence-corrected chi connectivity index (χ4v) is 3.49. The molecule has 1 aromatic heterocycles. The number of alkyl halides is 3. The van der Waals surface area contributed by atoms with E-state index in [-0.39, 0.29) is 22.7 Å². The van der Waals surface area contributed by atoms with Crippen LogP contribution in [-0.4, -0.2) is 42.1 Å². The van der Waals surface area contributed by atoms with E-state index in [1.54, 1.807) is 0 Å². The Kier molecular flexibility index (Phi) is 6.23. The smallest absolute Gasteiger partial charge is 0.424 e. The molecule has 0 radical (unpaired) electrons. The Morgan fingerprint density at radius 3 is 2.56 bits per heavy atom. The molecule has 11 heteroatoms. The van der Waals surface area contributed by atoms with E-state index in [2.05, 4.69) is 9.98 Å². The van der Waals surface area contributed by atoms with Crippen LogP contribution >= 0.6 is 11.6 Å². The van der Waals surface area contributed by atoms with Gasteiger partial charge in [-0.15, -0.1) is 0 Å². The Bertz CT molecular complexity index is 1090. The highest BCUT2D eigenvalue weighted by molar-refractivity contribution is 6.33. The normalized spacial score (nSPS) is 23.6. The van der Waals surface area contributed by atoms with Crippen molar-refractivity contribution in [2.24, 2.45) is 10.7 Å². The molecule has 1 aromatic carbocycles. The molecule has 1 aliphatic heterocycles. The highest BCUT2D eigenvalue weighted by atomic mass is 35.5. The minimum atomic E-state index is -4.79. The standard InChI is InChI=1S/C21H20ClF4N3O3/c1-19(10-32-20(2,18(27)29-19)21(24,25)26)13-6-11(4-5-15(13)23)7-16(30)17-14(22)8-12(31-3)9-28-17/h4-6,8-9H,7,10H2,1-3H3,(H2,27,29)/t19-,20+/m0/s1. The first kappa shape index (κ1) is 23.9. The van der Waals surface area contributed by atoms with E-state index in [0.717, 1.165) is 13.0 Å². The molecule has 2 N–H and O–H groups in total. The molecular formula is C21H20ClF4N3O3. The predicted molar refractivity (Wildman–Crippen MR) is 110 cm³/mol. The molecule has 32 heavy (non-hydrogen) atoms. The molecule has 0 fully saturated rings. The van der Waals surface area contributed by atoms with Crippen LogP contribution in [0, 0.1) is 5.82 Å². The van der Waals surface area contributed by atoms with Gasteiger partial charge in [-0.05, 0) is 31.5 Å². The third-order valence-corrected chi connectivity index (χ3v) is 5.62. The molecule has 0 spiro atoms. The topological polar surface area (TPSA) is 86.8 Å². The second-order valence-corrected chi connectivity index (χ2v) is 8.12. The number of ketones is 1. The van der Waals surface area contributed by atoms with Crippen molar-refractivity contribution in [3.8, 4) is 5.75 Å². The SMILES string of the molecule is COc1cnc(C(=O)Cc2ccc(F)c([C@]3(C)CO[C@@](C)(C(F)(F)F)C(N)=N3)c2)c(Cl)c1. The monoisotopic (exact) mass is 473 g/mol. The summed E-state index contributed by atoms with van der Waals surface area (Å²) in [5.41, 5.74) is 1.65. The lowest BCUT2D eigenvalue weighted by Crippen LogP contribution is -2.60. The lowest BCUT2D eigenvalue weighted by molar-refractivity contribution is -0.249. The number of carbonyl (C=O) groups excluding carboxylic acids is 1. The number of rotatable bonds is 5. The Morgan fingerprint density at radius 2 is 2.00 bits per heavy atom. The maximum absolute atomic E-state index is 14.6. The van der Waals surface area contributed by atoms with Gasteiger partial charge in [0.1, 0.15) is 28.6 Å². The lowest BCUT2D eigenvalue weighted by atomic mass is 9.88. The van der Waals surface area contributed by atoms with Crippen molar-refractivity contribution in [3.05, 3.63) is 58.1 Å². The van der Waals surface area contributed by atoms with E-state index in [1.807, 2.05) is 0 Å². The molecule has 1 aliphatic rings. The van der Waals surface area contributed by atoms with Crippen molar-refractivity contribution >= 4 is 23.2 Å². The van der Waals surface area contributed by atoms with Gasteiger partial charge < -0.3 is 15.2 Å². The highest BCUT2D eigenvalue weighted by Crippen LogP contribution is 2.41. The molecule has 0 amide bonds. The zero-order valence-electron chi connectivity index (χ0n) is 17.4. The van der Waals surface area contributed by atoms with Gasteiger partial charge in [0.05, 0.1) is 24.9 Å². The zero-order chi connectivity index (χ0) is 23.9. The van der Waals surface area contributed by atoms with Gasteiger partial charge in [-0.1, -0.05) is 17.7 Å². The van der Waals surface area contributed by atoms with Crippen LogP contribution in [0.15, 0.2) is 35.5 Å². The number of nitrogens with zero attached hydrogens (tertiary/aromatic N) is 2. The number of carbonyl (C=O) groups is 1. The number of aromatic nitrogens is 1. The summed E-state index contributed by atoms with van der Waals surface area (Å²) in [5, 5.41) is 0.0909. The van der Waals surface area contributed by atoms with Crippen molar-refractivity contribution in [3.63, 3.8) is 0 Å². The van der Waals surface area contributed by atoms with Gasteiger partial charge in [0.25, 0.3) is 0 Å². The molecule has 0 bridgehead atoms. The molecule has 0 unspecified atom stereocenters. The first-order valence-electron chi connectivity index (χ1n) is 9.39. The van der Waals surface area contributed by atoms with E-state index in [0.29, 0.717) is 11.3 Å². The Hall–Kier alpha value is -2.72. The van der Waals surface area contributed by atoms with Crippen LogP contribution in [0.5, 0.6) is 5.75 Å². The van der Waals surface area contributed by atoms with E-state index in [4.69, 9.17) is 26.8 Å². The largest absolute Gasteiger partial charge is 0.495 e. The Morgan fingerprint density at radius 1 is 1.31 bits per heavy atom. The number of hydrogen-bond donors (Lipinski definition) is 1. The van der Waals surface area contributed by atoms with Crippen LogP contribution in [0.4, 0.5) is 17.6 Å². The van der Waals surface area contributed by atoms with Crippen molar-refractivity contribution in [2.45, 2.75) is 37.6 Å². The summed E-state index contributed by atoms with van der Waals surface area (Å²) >= 11 is 6.09. The number of halogens is 5. The fraction of sp³-hybridized carbons (Fsp3) is 0.381. The number of amidine groups is 1. The third-order valence-electron chi connectivity index (χ3n) is 5.33. The number of pyridine rings is 1. The molecule has 6 nitrogen and oxygen atoms in total. The predicted octanol–water partition coefficient (Wildman–Crippen LogP) is 4.23. The quantitative estimate of drug-likeness (QED) is 0.518. The van der Waals surface area contributed by atoms with Gasteiger partial charge >= 0.3 is 6.18 Å². The number of ether oxygens (including phenoxy) is 2. The summed E-state index contributed by atoms with van der Waals surface area (Å²) in [6.07, 6.45) is -3.63. The van der Waals surface area contributed by atoms with Crippen molar-refractivity contribution < 1.29 is 31.8 Å². The van der Waals surface area contributed by atoms with Crippen molar-refractivity contribution in [1.29, 1.82) is 0 Å². The summed E-state index contributed by atoms with van der Waals surface area (Å²) in [4.78, 5) is 20.6. The minimum Gasteiger partial charge on any atom is -0.495 e. The van der Waals surface area contributed by atoms with Crippen LogP contribution in [0.2, 0.25) is 5.02 Å². The van der Waals surface area contributed by atoms with E-state index >= 15 is 0 Å². The third kappa shape index (κ3) is 4.29. The van der Waals surface area contributed by atoms with E-state index in [1.165, 1.54) is 38.4 Å². The maximum Gasteiger partial charge on any atom is 0.424 e. The summed E-state index contributed by atoms with van der Waals surface area (Å²) in [6.45, 7) is 1.61. The van der Waals surface area contributed by atoms with Crippen molar-refractivity contribution in [2.75, 3.05) is 13.7 Å². The Labute approximate surface area is 186 Å². The second-order valence-electron chi connectivity index (χ2n) is 7.71. The first-order valence-corrected chi connectivity index (χ1v) is 9.76. The first-order chi connectivity index (χ1) is 14.8. The van der Waals surface area contributed by atoms with Crippen LogP contribution in [-0.2, 0) is 16.7 Å². The molecular weight excluding hydrogens is 454 g/mol. The minimum absolute atomic E-state index is 0.00811. The maximum atomic E-state index is 14.6. The van der Waals surface area contributed by atoms with Gasteiger partial charge in [0.2, 0.25) is 5.60 Å². The highest BCUT2D eigenvalue weighted by Gasteiger charge is 2.59. The van der Waals surface area contributed by atoms with Crippen LogP contribution in [0.25, 0.3) is 0 Å².